The molecule has 0 fully saturated rings. The molecule has 0 saturated carbocycles. The molecule has 0 heterocycles. The lowest BCUT2D eigenvalue weighted by Gasteiger charge is -2.16. The number of hydrogen-bond acceptors (Lipinski definition) is 2. The van der Waals surface area contributed by atoms with Gasteiger partial charge in [0.1, 0.15) is 11.6 Å². The fourth-order valence-corrected chi connectivity index (χ4v) is 1.63. The molecule has 2 heteroatoms. The molecule has 0 rings (SSSR count). The highest BCUT2D eigenvalue weighted by Gasteiger charge is 2.21. The Kier molecular flexibility index (Phi) is 7.27. The van der Waals surface area contributed by atoms with Crippen LogP contribution in [0, 0.1) is 17.8 Å². The van der Waals surface area contributed by atoms with E-state index in [0.717, 1.165) is 12.8 Å². The van der Waals surface area contributed by atoms with Gasteiger partial charge in [0.05, 0.1) is 6.42 Å². The summed E-state index contributed by atoms with van der Waals surface area (Å²) in [7, 11) is 0. The van der Waals surface area contributed by atoms with Gasteiger partial charge in [-0.1, -0.05) is 47.5 Å². The monoisotopic (exact) mass is 226 g/mol. The second-order valence-corrected chi connectivity index (χ2v) is 5.07. The fraction of sp³-hybridized carbons (Fsp3) is 0.857. The maximum Gasteiger partial charge on any atom is 0.143 e. The van der Waals surface area contributed by atoms with Crippen molar-refractivity contribution < 1.29 is 9.59 Å². The van der Waals surface area contributed by atoms with Crippen LogP contribution in [0.15, 0.2) is 0 Å². The molecule has 0 radical (unpaired) electrons. The summed E-state index contributed by atoms with van der Waals surface area (Å²) in [6.45, 7) is 10.2. The zero-order valence-corrected chi connectivity index (χ0v) is 11.4. The minimum Gasteiger partial charge on any atom is -0.299 e. The molecule has 0 aliphatic carbocycles. The summed E-state index contributed by atoms with van der Waals surface area (Å²) in [5, 5.41) is 0. The van der Waals surface area contributed by atoms with Crippen molar-refractivity contribution in [3.8, 4) is 0 Å². The van der Waals surface area contributed by atoms with Crippen LogP contribution in [0.4, 0.5) is 0 Å². The highest BCUT2D eigenvalue weighted by Crippen LogP contribution is 2.18. The molecule has 94 valence electrons. The van der Waals surface area contributed by atoms with E-state index in [4.69, 9.17) is 0 Å². The van der Waals surface area contributed by atoms with Gasteiger partial charge >= 0.3 is 0 Å². The molecule has 0 saturated heterocycles. The molecule has 16 heavy (non-hydrogen) atoms. The number of hydrogen-bond donors (Lipinski definition) is 0. The normalized spacial score (nSPS) is 16.6. The summed E-state index contributed by atoms with van der Waals surface area (Å²) in [6, 6.07) is 0. The molecular weight excluding hydrogens is 200 g/mol. The molecule has 0 aromatic carbocycles. The van der Waals surface area contributed by atoms with Crippen LogP contribution < -0.4 is 0 Å². The van der Waals surface area contributed by atoms with Gasteiger partial charge in [0.25, 0.3) is 0 Å². The second-order valence-electron chi connectivity index (χ2n) is 5.07. The molecular formula is C14H26O2. The predicted octanol–water partition coefficient (Wildman–Crippen LogP) is 3.63. The number of rotatable bonds is 8. The Morgan fingerprint density at radius 1 is 1.00 bits per heavy atom. The van der Waals surface area contributed by atoms with Crippen LogP contribution in [0.3, 0.4) is 0 Å². The standard InChI is InChI=1S/C14H26O2/c1-6-10(3)8-13(15)9-14(16)12(5)11(4)7-2/h10-12H,6-9H2,1-5H3/t10?,11-,12?/m1/s1. The summed E-state index contributed by atoms with van der Waals surface area (Å²) in [5.74, 6) is 1.02. The number of carbonyl (C=O) groups is 2. The van der Waals surface area contributed by atoms with Gasteiger partial charge in [0.15, 0.2) is 0 Å². The molecule has 0 spiro atoms. The van der Waals surface area contributed by atoms with Gasteiger partial charge < -0.3 is 0 Å². The third kappa shape index (κ3) is 5.43. The van der Waals surface area contributed by atoms with Gasteiger partial charge in [0.2, 0.25) is 0 Å². The maximum atomic E-state index is 11.8. The first-order chi connectivity index (χ1) is 7.42. The van der Waals surface area contributed by atoms with Crippen LogP contribution in [-0.4, -0.2) is 11.6 Å². The average molecular weight is 226 g/mol. The Bertz CT molecular complexity index is 233. The Morgan fingerprint density at radius 3 is 2.00 bits per heavy atom. The average Bonchev–Trinajstić information content (AvgIpc) is 2.26. The van der Waals surface area contributed by atoms with Crippen LogP contribution >= 0.6 is 0 Å². The SMILES string of the molecule is CCC(C)CC(=O)CC(=O)C(C)[C@H](C)CC. The Morgan fingerprint density at radius 2 is 1.56 bits per heavy atom. The first-order valence-electron chi connectivity index (χ1n) is 6.46. The van der Waals surface area contributed by atoms with Gasteiger partial charge in [-0.15, -0.1) is 0 Å². The van der Waals surface area contributed by atoms with Gasteiger partial charge in [-0.05, 0) is 11.8 Å². The third-order valence-electron chi connectivity index (χ3n) is 3.65. The first kappa shape index (κ1) is 15.3. The molecule has 2 unspecified atom stereocenters. The lowest BCUT2D eigenvalue weighted by Crippen LogP contribution is -2.22. The molecule has 0 amide bonds. The molecule has 0 aliphatic heterocycles. The molecule has 0 bridgehead atoms. The molecule has 3 atom stereocenters. The van der Waals surface area contributed by atoms with Crippen molar-refractivity contribution >= 4 is 11.6 Å². The fourth-order valence-electron chi connectivity index (χ4n) is 1.63. The van der Waals surface area contributed by atoms with E-state index in [2.05, 4.69) is 27.7 Å². The minimum absolute atomic E-state index is 0.0193. The van der Waals surface area contributed by atoms with E-state index in [1.807, 2.05) is 6.92 Å². The second kappa shape index (κ2) is 7.59. The minimum atomic E-state index is 0.0193. The van der Waals surface area contributed by atoms with E-state index in [9.17, 15) is 9.59 Å². The van der Waals surface area contributed by atoms with Crippen molar-refractivity contribution in [1.29, 1.82) is 0 Å². The van der Waals surface area contributed by atoms with Crippen LogP contribution in [0.25, 0.3) is 0 Å². The van der Waals surface area contributed by atoms with Crippen LogP contribution in [0.2, 0.25) is 0 Å². The van der Waals surface area contributed by atoms with E-state index in [0.29, 0.717) is 18.3 Å². The van der Waals surface area contributed by atoms with Crippen LogP contribution in [0.1, 0.15) is 60.3 Å². The van der Waals surface area contributed by atoms with Crippen molar-refractivity contribution in [2.75, 3.05) is 0 Å². The molecule has 0 aromatic rings. The van der Waals surface area contributed by atoms with E-state index < -0.39 is 0 Å². The lowest BCUT2D eigenvalue weighted by molar-refractivity contribution is -0.130. The third-order valence-corrected chi connectivity index (χ3v) is 3.65. The predicted molar refractivity (Wildman–Crippen MR) is 67.3 cm³/mol. The zero-order chi connectivity index (χ0) is 12.7. The zero-order valence-electron chi connectivity index (χ0n) is 11.4. The maximum absolute atomic E-state index is 11.8. The molecule has 0 aromatic heterocycles. The van der Waals surface area contributed by atoms with Crippen LogP contribution in [-0.2, 0) is 9.59 Å². The van der Waals surface area contributed by atoms with Crippen LogP contribution in [0.5, 0.6) is 0 Å². The highest BCUT2D eigenvalue weighted by atomic mass is 16.1. The van der Waals surface area contributed by atoms with Crippen molar-refractivity contribution in [1.82, 2.24) is 0 Å². The first-order valence-corrected chi connectivity index (χ1v) is 6.46. The van der Waals surface area contributed by atoms with Crippen molar-refractivity contribution in [3.63, 3.8) is 0 Å². The topological polar surface area (TPSA) is 34.1 Å². The molecule has 0 N–H and O–H groups in total. The van der Waals surface area contributed by atoms with Crippen molar-refractivity contribution in [2.24, 2.45) is 17.8 Å². The van der Waals surface area contributed by atoms with Gasteiger partial charge in [-0.3, -0.25) is 9.59 Å². The van der Waals surface area contributed by atoms with E-state index in [1.54, 1.807) is 0 Å². The highest BCUT2D eigenvalue weighted by molar-refractivity contribution is 6.00. The number of Topliss-reactive ketones (excluding diaryl/α,β-unsaturated/α-hetero) is 2. The summed E-state index contributed by atoms with van der Waals surface area (Å²) >= 11 is 0. The molecule has 0 aliphatic rings. The van der Waals surface area contributed by atoms with Gasteiger partial charge in [-0.2, -0.15) is 0 Å². The van der Waals surface area contributed by atoms with Gasteiger partial charge in [0, 0.05) is 12.3 Å². The number of ketones is 2. The summed E-state index contributed by atoms with van der Waals surface area (Å²) in [4.78, 5) is 23.4. The van der Waals surface area contributed by atoms with E-state index in [-0.39, 0.29) is 23.9 Å². The smallest absolute Gasteiger partial charge is 0.143 e. The summed E-state index contributed by atoms with van der Waals surface area (Å²) in [5.41, 5.74) is 0. The quantitative estimate of drug-likeness (QED) is 0.592. The molecule has 2 nitrogen and oxygen atoms in total. The Hall–Kier alpha value is -0.660. The van der Waals surface area contributed by atoms with E-state index in [1.165, 1.54) is 0 Å². The lowest BCUT2D eigenvalue weighted by atomic mass is 9.87. The van der Waals surface area contributed by atoms with Crippen molar-refractivity contribution in [2.45, 2.75) is 60.3 Å². The largest absolute Gasteiger partial charge is 0.299 e. The summed E-state index contributed by atoms with van der Waals surface area (Å²) < 4.78 is 0. The number of carbonyl (C=O) groups excluding carboxylic acids is 2. The van der Waals surface area contributed by atoms with E-state index >= 15 is 0 Å². The van der Waals surface area contributed by atoms with Gasteiger partial charge in [-0.25, -0.2) is 0 Å². The summed E-state index contributed by atoms with van der Waals surface area (Å²) in [6.07, 6.45) is 2.68. The van der Waals surface area contributed by atoms with Crippen molar-refractivity contribution in [3.05, 3.63) is 0 Å². The Balaban J connectivity index is 4.09. The Labute approximate surface area is 99.8 Å².